The van der Waals surface area contributed by atoms with Gasteiger partial charge >= 0.3 is 6.01 Å². The molecule has 0 amide bonds. The van der Waals surface area contributed by atoms with Gasteiger partial charge < -0.3 is 4.74 Å². The van der Waals surface area contributed by atoms with Crippen molar-refractivity contribution in [3.8, 4) is 6.01 Å². The Hall–Kier alpha value is -2.54. The van der Waals surface area contributed by atoms with Crippen molar-refractivity contribution < 1.29 is 4.74 Å². The van der Waals surface area contributed by atoms with E-state index in [1.54, 1.807) is 7.11 Å². The van der Waals surface area contributed by atoms with Crippen LogP contribution in [0.3, 0.4) is 0 Å². The van der Waals surface area contributed by atoms with Gasteiger partial charge in [-0.1, -0.05) is 0 Å². The van der Waals surface area contributed by atoms with E-state index in [4.69, 9.17) is 4.74 Å². The molecule has 7 nitrogen and oxygen atoms in total. The predicted octanol–water partition coefficient (Wildman–Crippen LogP) is 2.10. The highest BCUT2D eigenvalue weighted by Gasteiger charge is 2.41. The van der Waals surface area contributed by atoms with Crippen LogP contribution >= 0.6 is 0 Å². The van der Waals surface area contributed by atoms with Crippen LogP contribution in [-0.2, 0) is 13.0 Å². The van der Waals surface area contributed by atoms with Crippen LogP contribution in [0.15, 0.2) is 24.7 Å². The van der Waals surface area contributed by atoms with Crippen LogP contribution < -0.4 is 4.74 Å². The van der Waals surface area contributed by atoms with Crippen LogP contribution in [0.5, 0.6) is 6.01 Å². The molecule has 7 heteroatoms. The number of aryl methyl sites for hydroxylation is 1. The first-order valence-electron chi connectivity index (χ1n) is 8.68. The quantitative estimate of drug-likeness (QED) is 0.730. The Morgan fingerprint density at radius 1 is 1.16 bits per heavy atom. The van der Waals surface area contributed by atoms with E-state index in [0.29, 0.717) is 18.1 Å². The summed E-state index contributed by atoms with van der Waals surface area (Å²) in [5.74, 6) is 0. The summed E-state index contributed by atoms with van der Waals surface area (Å²) in [7, 11) is 1.58. The van der Waals surface area contributed by atoms with Crippen molar-refractivity contribution in [1.82, 2.24) is 29.5 Å². The van der Waals surface area contributed by atoms with Gasteiger partial charge in [0.15, 0.2) is 5.65 Å². The fourth-order valence-corrected chi connectivity index (χ4v) is 4.28. The second-order valence-electron chi connectivity index (χ2n) is 6.92. The molecule has 2 aliphatic rings. The van der Waals surface area contributed by atoms with E-state index in [9.17, 15) is 0 Å². The van der Waals surface area contributed by atoms with Gasteiger partial charge in [0, 0.05) is 60.8 Å². The largest absolute Gasteiger partial charge is 0.467 e. The normalized spacial score (nSPS) is 22.3. The van der Waals surface area contributed by atoms with Gasteiger partial charge in [-0.05, 0) is 19.8 Å². The van der Waals surface area contributed by atoms with Gasteiger partial charge in [0.2, 0.25) is 0 Å². The standard InChI is InChI=1S/C18H20N6O/c1-11-5-17-19-9-14-15-4-3-13(6-16(14)24(17)22-11)23(15)10-12-7-20-18(25-2)21-8-12/h5,7-9,13,15H,3-4,6,10H2,1-2H3/t13-,15+/m0/s1. The first kappa shape index (κ1) is 14.8. The molecule has 1 saturated heterocycles. The Kier molecular flexibility index (Phi) is 3.24. The van der Waals surface area contributed by atoms with Crippen LogP contribution in [0.4, 0.5) is 0 Å². The molecular formula is C18H20N6O. The maximum absolute atomic E-state index is 5.05. The Bertz CT molecular complexity index is 935. The molecule has 25 heavy (non-hydrogen) atoms. The van der Waals surface area contributed by atoms with Crippen molar-refractivity contribution in [2.75, 3.05) is 7.11 Å². The Labute approximate surface area is 145 Å². The van der Waals surface area contributed by atoms with Crippen molar-refractivity contribution in [3.05, 3.63) is 47.2 Å². The molecule has 5 rings (SSSR count). The molecule has 0 spiro atoms. The third kappa shape index (κ3) is 2.30. The van der Waals surface area contributed by atoms with Gasteiger partial charge in [-0.15, -0.1) is 0 Å². The summed E-state index contributed by atoms with van der Waals surface area (Å²) in [5, 5.41) is 4.65. The highest BCUT2D eigenvalue weighted by Crippen LogP contribution is 2.44. The lowest BCUT2D eigenvalue weighted by molar-refractivity contribution is 0.164. The average molecular weight is 336 g/mol. The van der Waals surface area contributed by atoms with Gasteiger partial charge in [0.05, 0.1) is 18.5 Å². The second kappa shape index (κ2) is 5.49. The van der Waals surface area contributed by atoms with Crippen molar-refractivity contribution in [1.29, 1.82) is 0 Å². The molecule has 128 valence electrons. The molecule has 2 atom stereocenters. The maximum atomic E-state index is 5.05. The molecule has 2 bridgehead atoms. The number of rotatable bonds is 3. The van der Waals surface area contributed by atoms with E-state index in [1.165, 1.54) is 24.1 Å². The van der Waals surface area contributed by atoms with Crippen LogP contribution in [0.1, 0.15) is 41.4 Å². The zero-order valence-electron chi connectivity index (χ0n) is 14.4. The molecule has 3 aromatic rings. The predicted molar refractivity (Wildman–Crippen MR) is 91.3 cm³/mol. The minimum Gasteiger partial charge on any atom is -0.467 e. The zero-order chi connectivity index (χ0) is 17.0. The van der Waals surface area contributed by atoms with Gasteiger partial charge in [-0.3, -0.25) is 4.90 Å². The van der Waals surface area contributed by atoms with E-state index in [-0.39, 0.29) is 0 Å². The first-order chi connectivity index (χ1) is 12.2. The molecule has 0 saturated carbocycles. The highest BCUT2D eigenvalue weighted by molar-refractivity contribution is 5.44. The van der Waals surface area contributed by atoms with E-state index >= 15 is 0 Å². The Balaban J connectivity index is 1.49. The van der Waals surface area contributed by atoms with Gasteiger partial charge in [-0.2, -0.15) is 5.10 Å². The van der Waals surface area contributed by atoms with E-state index in [0.717, 1.165) is 29.9 Å². The number of methoxy groups -OCH3 is 1. The van der Waals surface area contributed by atoms with E-state index in [2.05, 4.69) is 31.1 Å². The van der Waals surface area contributed by atoms with Gasteiger partial charge in [0.1, 0.15) is 0 Å². The van der Waals surface area contributed by atoms with Crippen LogP contribution in [0.25, 0.3) is 5.65 Å². The fourth-order valence-electron chi connectivity index (χ4n) is 4.28. The van der Waals surface area contributed by atoms with Crippen LogP contribution in [0, 0.1) is 6.92 Å². The second-order valence-corrected chi connectivity index (χ2v) is 6.92. The third-order valence-electron chi connectivity index (χ3n) is 5.40. The molecular weight excluding hydrogens is 316 g/mol. The van der Waals surface area contributed by atoms with Crippen molar-refractivity contribution in [2.24, 2.45) is 0 Å². The number of nitrogens with zero attached hydrogens (tertiary/aromatic N) is 6. The smallest absolute Gasteiger partial charge is 0.316 e. The number of aromatic nitrogens is 5. The Morgan fingerprint density at radius 3 is 2.80 bits per heavy atom. The molecule has 3 aromatic heterocycles. The van der Waals surface area contributed by atoms with Gasteiger partial charge in [0.25, 0.3) is 0 Å². The third-order valence-corrected chi connectivity index (χ3v) is 5.40. The highest BCUT2D eigenvalue weighted by atomic mass is 16.5. The number of ether oxygens (including phenoxy) is 1. The number of hydrogen-bond acceptors (Lipinski definition) is 6. The fraction of sp³-hybridized carbons (Fsp3) is 0.444. The molecule has 0 unspecified atom stereocenters. The molecule has 2 aliphatic heterocycles. The lowest BCUT2D eigenvalue weighted by Gasteiger charge is -2.36. The molecule has 5 heterocycles. The summed E-state index contributed by atoms with van der Waals surface area (Å²) < 4.78 is 7.09. The summed E-state index contributed by atoms with van der Waals surface area (Å²) in [6.45, 7) is 2.88. The minimum atomic E-state index is 0.400. The zero-order valence-corrected chi connectivity index (χ0v) is 14.4. The van der Waals surface area contributed by atoms with Crippen molar-refractivity contribution in [3.63, 3.8) is 0 Å². The lowest BCUT2D eigenvalue weighted by atomic mass is 9.98. The maximum Gasteiger partial charge on any atom is 0.316 e. The summed E-state index contributed by atoms with van der Waals surface area (Å²) in [6.07, 6.45) is 9.16. The number of fused-ring (bicyclic) bond motifs is 6. The lowest BCUT2D eigenvalue weighted by Crippen LogP contribution is -2.38. The monoisotopic (exact) mass is 336 g/mol. The molecule has 0 aromatic carbocycles. The van der Waals surface area contributed by atoms with Crippen LogP contribution in [0.2, 0.25) is 0 Å². The molecule has 1 fully saturated rings. The topological polar surface area (TPSA) is 68.4 Å². The van der Waals surface area contributed by atoms with Crippen molar-refractivity contribution >= 4 is 5.65 Å². The summed E-state index contributed by atoms with van der Waals surface area (Å²) in [5.41, 5.74) is 5.73. The van der Waals surface area contributed by atoms with Crippen molar-refractivity contribution in [2.45, 2.75) is 44.8 Å². The SMILES string of the molecule is COc1ncc(CN2[C@H]3CC[C@@H]2c2cnc4cc(C)nn4c2C3)cn1. The molecule has 0 aliphatic carbocycles. The molecule has 0 N–H and O–H groups in total. The minimum absolute atomic E-state index is 0.400. The van der Waals surface area contributed by atoms with Gasteiger partial charge in [-0.25, -0.2) is 19.5 Å². The first-order valence-corrected chi connectivity index (χ1v) is 8.68. The Morgan fingerprint density at radius 2 is 2.00 bits per heavy atom. The van der Waals surface area contributed by atoms with E-state index in [1.807, 2.05) is 29.9 Å². The molecule has 0 radical (unpaired) electrons. The summed E-state index contributed by atoms with van der Waals surface area (Å²) in [4.78, 5) is 15.7. The van der Waals surface area contributed by atoms with E-state index < -0.39 is 0 Å². The summed E-state index contributed by atoms with van der Waals surface area (Å²) >= 11 is 0. The van der Waals surface area contributed by atoms with Crippen LogP contribution in [-0.4, -0.2) is 42.6 Å². The number of hydrogen-bond donors (Lipinski definition) is 0. The average Bonchev–Trinajstić information content (AvgIpc) is 3.13. The summed E-state index contributed by atoms with van der Waals surface area (Å²) in [6, 6.07) is 3.40.